The summed E-state index contributed by atoms with van der Waals surface area (Å²) < 4.78 is 5.33. The molecule has 0 saturated heterocycles. The monoisotopic (exact) mass is 454 g/mol. The summed E-state index contributed by atoms with van der Waals surface area (Å²) in [6.45, 7) is 1.12. The summed E-state index contributed by atoms with van der Waals surface area (Å²) >= 11 is 0. The molecule has 0 atom stereocenters. The molecule has 0 aliphatic rings. The first-order chi connectivity index (χ1) is 11.6. The van der Waals surface area contributed by atoms with Crippen LogP contribution in [0.4, 0.5) is 0 Å². The van der Waals surface area contributed by atoms with Crippen LogP contribution in [-0.2, 0) is 13.1 Å². The van der Waals surface area contributed by atoms with Gasteiger partial charge >= 0.3 is 0 Å². The molecule has 2 aromatic rings. The van der Waals surface area contributed by atoms with Gasteiger partial charge in [0, 0.05) is 31.3 Å². The molecule has 4 N–H and O–H groups in total. The van der Waals surface area contributed by atoms with Crippen molar-refractivity contribution in [2.45, 2.75) is 13.1 Å². The number of nitrogens with zero attached hydrogens (tertiary/aromatic N) is 1. The zero-order chi connectivity index (χ0) is 17.4. The Morgan fingerprint density at radius 1 is 1.12 bits per heavy atom. The van der Waals surface area contributed by atoms with Crippen LogP contribution in [0.15, 0.2) is 53.5 Å². The number of nitrogens with two attached hydrogens (primary N) is 1. The van der Waals surface area contributed by atoms with Gasteiger partial charge < -0.3 is 21.1 Å². The van der Waals surface area contributed by atoms with Gasteiger partial charge in [-0.1, -0.05) is 30.3 Å². The molecule has 0 aromatic heterocycles. The molecule has 0 fully saturated rings. The van der Waals surface area contributed by atoms with Crippen molar-refractivity contribution in [3.8, 4) is 5.75 Å². The number of primary amides is 1. The van der Waals surface area contributed by atoms with E-state index in [-0.39, 0.29) is 24.0 Å². The molecule has 2 aromatic carbocycles. The SMILES string of the molecule is CN=C(NCc1cccc(C(N)=O)c1)NCc1ccccc1OC.I. The Bertz CT molecular complexity index is 735. The molecule has 0 bridgehead atoms. The topological polar surface area (TPSA) is 88.7 Å². The fraction of sp³-hybridized carbons (Fsp3) is 0.222. The van der Waals surface area contributed by atoms with Crippen LogP contribution in [0.25, 0.3) is 0 Å². The number of carbonyl (C=O) groups is 1. The summed E-state index contributed by atoms with van der Waals surface area (Å²) in [6, 6.07) is 15.0. The van der Waals surface area contributed by atoms with Crippen LogP contribution in [-0.4, -0.2) is 26.0 Å². The number of rotatable bonds is 6. The molecule has 7 heteroatoms. The highest BCUT2D eigenvalue weighted by Gasteiger charge is 2.05. The van der Waals surface area contributed by atoms with Crippen molar-refractivity contribution < 1.29 is 9.53 Å². The van der Waals surface area contributed by atoms with E-state index in [0.29, 0.717) is 24.6 Å². The van der Waals surface area contributed by atoms with Gasteiger partial charge in [-0.25, -0.2) is 0 Å². The Labute approximate surface area is 164 Å². The number of para-hydroxylation sites is 1. The van der Waals surface area contributed by atoms with Gasteiger partial charge in [0.25, 0.3) is 0 Å². The maximum atomic E-state index is 11.2. The second-order valence-corrected chi connectivity index (χ2v) is 5.16. The van der Waals surface area contributed by atoms with Gasteiger partial charge in [-0.15, -0.1) is 24.0 Å². The smallest absolute Gasteiger partial charge is 0.248 e. The second kappa shape index (κ2) is 10.5. The average Bonchev–Trinajstić information content (AvgIpc) is 2.62. The zero-order valence-electron chi connectivity index (χ0n) is 14.3. The number of ether oxygens (including phenoxy) is 1. The Balaban J connectivity index is 0.00000312. The lowest BCUT2D eigenvalue weighted by Crippen LogP contribution is -2.36. The highest BCUT2D eigenvalue weighted by molar-refractivity contribution is 14.0. The summed E-state index contributed by atoms with van der Waals surface area (Å²) in [5, 5.41) is 6.44. The van der Waals surface area contributed by atoms with Crippen LogP contribution in [0, 0.1) is 0 Å². The van der Waals surface area contributed by atoms with Gasteiger partial charge in [-0.3, -0.25) is 9.79 Å². The number of guanidine groups is 1. The zero-order valence-corrected chi connectivity index (χ0v) is 16.6. The molecule has 0 unspecified atom stereocenters. The minimum Gasteiger partial charge on any atom is -0.496 e. The normalized spacial score (nSPS) is 10.6. The van der Waals surface area contributed by atoms with E-state index in [2.05, 4.69) is 15.6 Å². The van der Waals surface area contributed by atoms with Crippen molar-refractivity contribution in [1.82, 2.24) is 10.6 Å². The van der Waals surface area contributed by atoms with Gasteiger partial charge in [-0.2, -0.15) is 0 Å². The van der Waals surface area contributed by atoms with Gasteiger partial charge in [-0.05, 0) is 23.8 Å². The Morgan fingerprint density at radius 2 is 1.84 bits per heavy atom. The van der Waals surface area contributed by atoms with E-state index in [0.717, 1.165) is 16.9 Å². The first kappa shape index (κ1) is 20.8. The molecule has 2 rings (SSSR count). The van der Waals surface area contributed by atoms with Gasteiger partial charge in [0.2, 0.25) is 5.91 Å². The van der Waals surface area contributed by atoms with E-state index in [4.69, 9.17) is 10.5 Å². The van der Waals surface area contributed by atoms with E-state index in [1.807, 2.05) is 36.4 Å². The first-order valence-corrected chi connectivity index (χ1v) is 7.59. The number of benzene rings is 2. The van der Waals surface area contributed by atoms with Crippen LogP contribution in [0.2, 0.25) is 0 Å². The minimum absolute atomic E-state index is 0. The predicted molar refractivity (Wildman–Crippen MR) is 110 cm³/mol. The molecule has 1 amide bonds. The van der Waals surface area contributed by atoms with Crippen LogP contribution in [0.3, 0.4) is 0 Å². The number of methoxy groups -OCH3 is 1. The average molecular weight is 454 g/mol. The Kier molecular flexibility index (Phi) is 8.76. The van der Waals surface area contributed by atoms with E-state index in [9.17, 15) is 4.79 Å². The minimum atomic E-state index is -0.435. The number of halogens is 1. The highest BCUT2D eigenvalue weighted by atomic mass is 127. The maximum absolute atomic E-state index is 11.2. The molecular weight excluding hydrogens is 431 g/mol. The fourth-order valence-corrected chi connectivity index (χ4v) is 2.27. The standard InChI is InChI=1S/C18H22N4O2.HI/c1-20-18(22-12-15-7-3-4-9-16(15)24-2)21-11-13-6-5-8-14(10-13)17(19)23;/h3-10H,11-12H2,1-2H3,(H2,19,23)(H2,20,21,22);1H. The molecule has 0 saturated carbocycles. The van der Waals surface area contributed by atoms with Crippen LogP contribution >= 0.6 is 24.0 Å². The molecule has 6 nitrogen and oxygen atoms in total. The molecule has 0 aliphatic carbocycles. The lowest BCUT2D eigenvalue weighted by molar-refractivity contribution is 0.1000. The van der Waals surface area contributed by atoms with Crippen molar-refractivity contribution >= 4 is 35.8 Å². The fourth-order valence-electron chi connectivity index (χ4n) is 2.27. The van der Waals surface area contributed by atoms with Crippen molar-refractivity contribution in [3.63, 3.8) is 0 Å². The van der Waals surface area contributed by atoms with Crippen LogP contribution in [0.1, 0.15) is 21.5 Å². The van der Waals surface area contributed by atoms with E-state index < -0.39 is 5.91 Å². The van der Waals surface area contributed by atoms with E-state index in [1.54, 1.807) is 26.3 Å². The second-order valence-electron chi connectivity index (χ2n) is 5.16. The number of hydrogen-bond donors (Lipinski definition) is 3. The van der Waals surface area contributed by atoms with Gasteiger partial charge in [0.15, 0.2) is 5.96 Å². The molecule has 0 aliphatic heterocycles. The number of amides is 1. The molecular formula is C18H23IN4O2. The Hall–Kier alpha value is -2.29. The molecule has 0 heterocycles. The van der Waals surface area contributed by atoms with Gasteiger partial charge in [0.05, 0.1) is 7.11 Å². The lowest BCUT2D eigenvalue weighted by atomic mass is 10.1. The van der Waals surface area contributed by atoms with Crippen molar-refractivity contribution in [2.24, 2.45) is 10.7 Å². The summed E-state index contributed by atoms with van der Waals surface area (Å²) in [6.07, 6.45) is 0. The number of carbonyl (C=O) groups excluding carboxylic acids is 1. The molecule has 0 radical (unpaired) electrons. The maximum Gasteiger partial charge on any atom is 0.248 e. The van der Waals surface area contributed by atoms with Crippen LogP contribution in [0.5, 0.6) is 5.75 Å². The predicted octanol–water partition coefficient (Wildman–Crippen LogP) is 2.28. The van der Waals surface area contributed by atoms with Crippen molar-refractivity contribution in [1.29, 1.82) is 0 Å². The number of nitrogens with one attached hydrogen (secondary N) is 2. The number of aliphatic imine (C=N–C) groups is 1. The summed E-state index contributed by atoms with van der Waals surface area (Å²) in [5.41, 5.74) is 7.78. The van der Waals surface area contributed by atoms with E-state index in [1.165, 1.54) is 0 Å². The van der Waals surface area contributed by atoms with Gasteiger partial charge in [0.1, 0.15) is 5.75 Å². The van der Waals surface area contributed by atoms with Crippen LogP contribution < -0.4 is 21.1 Å². The summed E-state index contributed by atoms with van der Waals surface area (Å²) in [7, 11) is 3.36. The quantitative estimate of drug-likeness (QED) is 0.355. The third-order valence-electron chi connectivity index (χ3n) is 3.53. The highest BCUT2D eigenvalue weighted by Crippen LogP contribution is 2.16. The lowest BCUT2D eigenvalue weighted by Gasteiger charge is -2.14. The Morgan fingerprint density at radius 3 is 2.52 bits per heavy atom. The van der Waals surface area contributed by atoms with E-state index >= 15 is 0 Å². The largest absolute Gasteiger partial charge is 0.496 e. The van der Waals surface area contributed by atoms with Crippen molar-refractivity contribution in [2.75, 3.05) is 14.2 Å². The third kappa shape index (κ3) is 6.26. The summed E-state index contributed by atoms with van der Waals surface area (Å²) in [4.78, 5) is 15.4. The summed E-state index contributed by atoms with van der Waals surface area (Å²) in [5.74, 6) is 1.05. The first-order valence-electron chi connectivity index (χ1n) is 7.59. The molecule has 134 valence electrons. The molecule has 0 spiro atoms. The third-order valence-corrected chi connectivity index (χ3v) is 3.53. The number of hydrogen-bond acceptors (Lipinski definition) is 3. The van der Waals surface area contributed by atoms with Crippen molar-refractivity contribution in [3.05, 3.63) is 65.2 Å². The molecule has 25 heavy (non-hydrogen) atoms.